The van der Waals surface area contributed by atoms with Crippen LogP contribution in [0.25, 0.3) is 6.08 Å². The van der Waals surface area contributed by atoms with Gasteiger partial charge < -0.3 is 10.0 Å². The molecular formula is C27H34N2O2. The van der Waals surface area contributed by atoms with E-state index >= 15 is 0 Å². The van der Waals surface area contributed by atoms with Gasteiger partial charge in [0.1, 0.15) is 11.6 Å². The Kier molecular flexibility index (Phi) is 6.13. The van der Waals surface area contributed by atoms with Gasteiger partial charge in [-0.3, -0.25) is 10.2 Å². The Hall–Kier alpha value is -2.88. The predicted octanol–water partition coefficient (Wildman–Crippen LogP) is 5.94. The van der Waals surface area contributed by atoms with Crippen molar-refractivity contribution in [1.29, 1.82) is 5.41 Å². The second-order valence-electron chi connectivity index (χ2n) is 10.4. The monoisotopic (exact) mass is 418 g/mol. The number of amidine groups is 1. The van der Waals surface area contributed by atoms with E-state index in [-0.39, 0.29) is 28.9 Å². The summed E-state index contributed by atoms with van der Waals surface area (Å²) >= 11 is 0. The second kappa shape index (κ2) is 8.33. The van der Waals surface area contributed by atoms with Gasteiger partial charge in [0, 0.05) is 23.2 Å². The van der Waals surface area contributed by atoms with E-state index in [1.165, 1.54) is 0 Å². The van der Waals surface area contributed by atoms with E-state index in [0.29, 0.717) is 17.9 Å². The number of hydrogen-bond donors (Lipinski definition) is 2. The van der Waals surface area contributed by atoms with Gasteiger partial charge in [-0.25, -0.2) is 0 Å². The van der Waals surface area contributed by atoms with E-state index < -0.39 is 0 Å². The summed E-state index contributed by atoms with van der Waals surface area (Å²) in [5.74, 6) is 0.670. The van der Waals surface area contributed by atoms with E-state index in [1.54, 1.807) is 0 Å². The third-order valence-electron chi connectivity index (χ3n) is 5.79. The summed E-state index contributed by atoms with van der Waals surface area (Å²) < 4.78 is 0. The molecule has 0 saturated carbocycles. The van der Waals surface area contributed by atoms with Gasteiger partial charge in [0.05, 0.1) is 6.54 Å². The van der Waals surface area contributed by atoms with Crippen molar-refractivity contribution in [3.05, 3.63) is 70.3 Å². The molecule has 0 aromatic heterocycles. The quantitative estimate of drug-likeness (QED) is 0.604. The molecule has 2 aromatic carbocycles. The van der Waals surface area contributed by atoms with E-state index in [1.807, 2.05) is 95.0 Å². The Morgan fingerprint density at radius 2 is 1.58 bits per heavy atom. The molecule has 0 bridgehead atoms. The molecule has 4 heteroatoms. The molecule has 2 aromatic rings. The molecule has 0 amide bonds. The maximum absolute atomic E-state index is 13.2. The number of carbonyl (C=O) groups excluding carboxylic acids is 1. The van der Waals surface area contributed by atoms with Gasteiger partial charge in [-0.05, 0) is 46.6 Å². The highest BCUT2D eigenvalue weighted by Crippen LogP contribution is 2.40. The van der Waals surface area contributed by atoms with Gasteiger partial charge >= 0.3 is 0 Å². The summed E-state index contributed by atoms with van der Waals surface area (Å²) in [5, 5.41) is 19.5. The van der Waals surface area contributed by atoms with Crippen LogP contribution in [0, 0.1) is 5.41 Å². The minimum absolute atomic E-state index is 0.0262. The highest BCUT2D eigenvalue weighted by atomic mass is 16.3. The number of carbonyl (C=O) groups is 1. The third-order valence-corrected chi connectivity index (χ3v) is 5.79. The van der Waals surface area contributed by atoms with Crippen molar-refractivity contribution in [2.45, 2.75) is 58.8 Å². The number of phenols is 1. The number of phenolic OH excluding ortho intramolecular Hbond substituents is 1. The largest absolute Gasteiger partial charge is 0.507 e. The Morgan fingerprint density at radius 1 is 1.03 bits per heavy atom. The van der Waals surface area contributed by atoms with Crippen molar-refractivity contribution in [3.63, 3.8) is 0 Å². The summed E-state index contributed by atoms with van der Waals surface area (Å²) in [5.41, 5.74) is 3.61. The standard InChI is InChI=1S/C27H34N2O2/c1-26(2,3)21-15-20(16-22(24(21)31)27(4,5)6)23(30)17-29-13-12-19(25(29)28)14-18-10-8-7-9-11-18/h7-11,14-16,28,31H,12-13,17H2,1-6H3. The number of nitrogens with one attached hydrogen (secondary N) is 1. The lowest BCUT2D eigenvalue weighted by Crippen LogP contribution is -2.31. The summed E-state index contributed by atoms with van der Waals surface area (Å²) in [6, 6.07) is 13.6. The number of nitrogens with zero attached hydrogens (tertiary/aromatic N) is 1. The SMILES string of the molecule is CC(C)(C)c1cc(C(=O)CN2CCC(=Cc3ccccc3)C2=N)cc(C(C)(C)C)c1O. The van der Waals surface area contributed by atoms with Crippen LogP contribution >= 0.6 is 0 Å². The molecule has 2 N–H and O–H groups in total. The Morgan fingerprint density at radius 3 is 2.10 bits per heavy atom. The molecule has 1 saturated heterocycles. The molecule has 0 spiro atoms. The normalized spacial score (nSPS) is 16.3. The Balaban J connectivity index is 1.87. The van der Waals surface area contributed by atoms with E-state index in [2.05, 4.69) is 0 Å². The molecule has 164 valence electrons. The summed E-state index contributed by atoms with van der Waals surface area (Å²) in [6.45, 7) is 13.1. The summed E-state index contributed by atoms with van der Waals surface area (Å²) in [6.07, 6.45) is 2.79. The molecule has 31 heavy (non-hydrogen) atoms. The van der Waals surface area contributed by atoms with Crippen LogP contribution in [0.2, 0.25) is 0 Å². The molecule has 1 aliphatic heterocycles. The topological polar surface area (TPSA) is 64.4 Å². The molecule has 1 fully saturated rings. The lowest BCUT2D eigenvalue weighted by molar-refractivity contribution is 0.0965. The number of rotatable bonds is 4. The molecular weight excluding hydrogens is 384 g/mol. The van der Waals surface area contributed by atoms with Crippen LogP contribution in [0.4, 0.5) is 0 Å². The van der Waals surface area contributed by atoms with E-state index in [9.17, 15) is 9.90 Å². The van der Waals surface area contributed by atoms with Crippen LogP contribution < -0.4 is 0 Å². The van der Waals surface area contributed by atoms with Crippen LogP contribution in [0.5, 0.6) is 5.75 Å². The van der Waals surface area contributed by atoms with Crippen molar-refractivity contribution in [2.24, 2.45) is 0 Å². The van der Waals surface area contributed by atoms with E-state index in [4.69, 9.17) is 5.41 Å². The first kappa shape index (κ1) is 22.8. The van der Waals surface area contributed by atoms with Crippen LogP contribution in [0.1, 0.15) is 75.0 Å². The highest BCUT2D eigenvalue weighted by molar-refractivity contribution is 6.06. The van der Waals surface area contributed by atoms with Gasteiger partial charge in [0.2, 0.25) is 0 Å². The smallest absolute Gasteiger partial charge is 0.182 e. The lowest BCUT2D eigenvalue weighted by atomic mass is 9.78. The number of Topliss-reactive ketones (excluding diaryl/α,β-unsaturated/α-hetero) is 1. The fraction of sp³-hybridized carbons (Fsp3) is 0.407. The van der Waals surface area contributed by atoms with Crippen molar-refractivity contribution in [1.82, 2.24) is 4.90 Å². The zero-order valence-corrected chi connectivity index (χ0v) is 19.5. The van der Waals surface area contributed by atoms with Gasteiger partial charge in [0.25, 0.3) is 0 Å². The number of aromatic hydroxyl groups is 1. The van der Waals surface area contributed by atoms with Crippen LogP contribution in [0.15, 0.2) is 48.0 Å². The Bertz CT molecular complexity index is 986. The van der Waals surface area contributed by atoms with Crippen LogP contribution in [-0.4, -0.2) is 34.7 Å². The molecule has 0 unspecified atom stereocenters. The molecule has 3 rings (SSSR count). The summed E-state index contributed by atoms with van der Waals surface area (Å²) in [7, 11) is 0. The maximum Gasteiger partial charge on any atom is 0.182 e. The third kappa shape index (κ3) is 5.07. The number of ketones is 1. The van der Waals surface area contributed by atoms with Gasteiger partial charge in [-0.2, -0.15) is 0 Å². The molecule has 4 nitrogen and oxygen atoms in total. The zero-order valence-electron chi connectivity index (χ0n) is 19.5. The van der Waals surface area contributed by atoms with Crippen molar-refractivity contribution < 1.29 is 9.90 Å². The number of hydrogen-bond acceptors (Lipinski definition) is 3. The van der Waals surface area contributed by atoms with Crippen molar-refractivity contribution in [3.8, 4) is 5.75 Å². The van der Waals surface area contributed by atoms with Crippen LogP contribution in [-0.2, 0) is 10.8 Å². The van der Waals surface area contributed by atoms with Gasteiger partial charge in [-0.15, -0.1) is 0 Å². The highest BCUT2D eigenvalue weighted by Gasteiger charge is 2.29. The van der Waals surface area contributed by atoms with Gasteiger partial charge in [0.15, 0.2) is 5.78 Å². The second-order valence-corrected chi connectivity index (χ2v) is 10.4. The first-order valence-electron chi connectivity index (χ1n) is 10.9. The van der Waals surface area contributed by atoms with Crippen LogP contribution in [0.3, 0.4) is 0 Å². The Labute approximate surface area is 186 Å². The van der Waals surface area contributed by atoms with Crippen molar-refractivity contribution >= 4 is 17.7 Å². The maximum atomic E-state index is 13.2. The first-order valence-corrected chi connectivity index (χ1v) is 10.9. The molecule has 0 aliphatic carbocycles. The number of likely N-dealkylation sites (tertiary alicyclic amines) is 1. The minimum Gasteiger partial charge on any atom is -0.507 e. The fourth-order valence-corrected chi connectivity index (χ4v) is 3.94. The first-order chi connectivity index (χ1) is 14.4. The molecule has 0 atom stereocenters. The summed E-state index contributed by atoms with van der Waals surface area (Å²) in [4.78, 5) is 15.1. The lowest BCUT2D eigenvalue weighted by Gasteiger charge is -2.28. The van der Waals surface area contributed by atoms with E-state index in [0.717, 1.165) is 28.7 Å². The predicted molar refractivity (Wildman–Crippen MR) is 128 cm³/mol. The van der Waals surface area contributed by atoms with Gasteiger partial charge in [-0.1, -0.05) is 71.9 Å². The molecule has 1 aliphatic rings. The zero-order chi connectivity index (χ0) is 23.0. The average Bonchev–Trinajstić information content (AvgIpc) is 3.00. The average molecular weight is 419 g/mol. The molecule has 0 radical (unpaired) electrons. The fourth-order valence-electron chi connectivity index (χ4n) is 3.94. The molecule has 1 heterocycles. The van der Waals surface area contributed by atoms with Crippen molar-refractivity contribution in [2.75, 3.05) is 13.1 Å². The number of benzene rings is 2. The minimum atomic E-state index is -0.285.